The molecule has 2 aromatic heterocycles. The van der Waals surface area contributed by atoms with Crippen LogP contribution in [0, 0.1) is 13.8 Å². The number of hydrogen-bond donors (Lipinski definition) is 1. The molecular weight excluding hydrogens is 446 g/mol. The van der Waals surface area contributed by atoms with Crippen LogP contribution in [0.4, 0.5) is 0 Å². The Hall–Kier alpha value is -4.59. The highest BCUT2D eigenvalue weighted by molar-refractivity contribution is 5.92. The van der Waals surface area contributed by atoms with Crippen LogP contribution in [0.25, 0.3) is 5.69 Å². The average molecular weight is 472 g/mol. The molecule has 178 valence electrons. The zero-order valence-corrected chi connectivity index (χ0v) is 19.6. The van der Waals surface area contributed by atoms with E-state index in [2.05, 4.69) is 41.1 Å². The molecule has 0 aliphatic heterocycles. The number of hydrogen-bond acceptors (Lipinski definition) is 6. The summed E-state index contributed by atoms with van der Waals surface area (Å²) in [5.41, 5.74) is 6.46. The lowest BCUT2D eigenvalue weighted by molar-refractivity contribution is -0.131. The van der Waals surface area contributed by atoms with Crippen LogP contribution >= 0.6 is 0 Å². The molecule has 2 heterocycles. The van der Waals surface area contributed by atoms with Crippen molar-refractivity contribution in [3.63, 3.8) is 0 Å². The molecule has 0 saturated carbocycles. The minimum Gasteiger partial charge on any atom is -0.486 e. The van der Waals surface area contributed by atoms with Gasteiger partial charge >= 0.3 is 11.9 Å². The number of aromatic nitrogens is 1. The third kappa shape index (κ3) is 6.05. The molecule has 0 aliphatic rings. The van der Waals surface area contributed by atoms with Crippen molar-refractivity contribution in [1.82, 2.24) is 9.99 Å². The summed E-state index contributed by atoms with van der Waals surface area (Å²) in [6, 6.07) is 22.0. The van der Waals surface area contributed by atoms with Gasteiger partial charge in [-0.15, -0.1) is 0 Å². The summed E-state index contributed by atoms with van der Waals surface area (Å²) in [6.07, 6.45) is 1.44. The Morgan fingerprint density at radius 2 is 1.71 bits per heavy atom. The first-order chi connectivity index (χ1) is 16.9. The number of amides is 1. The number of nitrogens with one attached hydrogen (secondary N) is 1. The van der Waals surface area contributed by atoms with E-state index in [1.165, 1.54) is 13.1 Å². The van der Waals surface area contributed by atoms with Gasteiger partial charge in [0.25, 0.3) is 0 Å². The lowest BCUT2D eigenvalue weighted by atomic mass is 10.2. The second kappa shape index (κ2) is 10.6. The molecule has 8 heteroatoms. The Bertz CT molecular complexity index is 1350. The molecule has 0 spiro atoms. The second-order valence-electron chi connectivity index (χ2n) is 7.87. The van der Waals surface area contributed by atoms with Crippen LogP contribution in [-0.4, -0.2) is 22.7 Å². The van der Waals surface area contributed by atoms with Crippen molar-refractivity contribution in [3.05, 3.63) is 101 Å². The minimum absolute atomic E-state index is 0.114. The van der Waals surface area contributed by atoms with E-state index in [-0.39, 0.29) is 12.4 Å². The van der Waals surface area contributed by atoms with E-state index in [1.54, 1.807) is 36.4 Å². The van der Waals surface area contributed by atoms with E-state index >= 15 is 0 Å². The van der Waals surface area contributed by atoms with Gasteiger partial charge in [-0.2, -0.15) is 5.10 Å². The SMILES string of the molecule is CC(=O)Oc1cccc(/C=N/NC(=O)c2ccc(COc3ccc(-n4c(C)ccc4C)cc3)o2)c1. The second-order valence-corrected chi connectivity index (χ2v) is 7.87. The van der Waals surface area contributed by atoms with E-state index in [0.717, 1.165) is 17.1 Å². The van der Waals surface area contributed by atoms with Crippen molar-refractivity contribution in [2.75, 3.05) is 0 Å². The van der Waals surface area contributed by atoms with Crippen molar-refractivity contribution in [3.8, 4) is 17.2 Å². The Morgan fingerprint density at radius 3 is 2.43 bits per heavy atom. The number of furan rings is 1. The first kappa shape index (κ1) is 23.6. The normalized spacial score (nSPS) is 10.9. The molecule has 2 aromatic carbocycles. The Morgan fingerprint density at radius 1 is 0.971 bits per heavy atom. The fourth-order valence-corrected chi connectivity index (χ4v) is 3.54. The molecule has 0 unspecified atom stereocenters. The summed E-state index contributed by atoms with van der Waals surface area (Å²) >= 11 is 0. The molecule has 8 nitrogen and oxygen atoms in total. The number of aryl methyl sites for hydroxylation is 2. The van der Waals surface area contributed by atoms with Crippen molar-refractivity contribution in [1.29, 1.82) is 0 Å². The number of ether oxygens (including phenoxy) is 2. The summed E-state index contributed by atoms with van der Waals surface area (Å²) in [5, 5.41) is 3.92. The smallest absolute Gasteiger partial charge is 0.308 e. The highest BCUT2D eigenvalue weighted by Gasteiger charge is 2.11. The van der Waals surface area contributed by atoms with Gasteiger partial charge in [0.2, 0.25) is 0 Å². The predicted molar refractivity (Wildman–Crippen MR) is 131 cm³/mol. The number of benzene rings is 2. The zero-order chi connectivity index (χ0) is 24.8. The maximum atomic E-state index is 12.3. The minimum atomic E-state index is -0.495. The number of carbonyl (C=O) groups excluding carboxylic acids is 2. The Labute approximate surface area is 202 Å². The highest BCUT2D eigenvalue weighted by atomic mass is 16.5. The van der Waals surface area contributed by atoms with Gasteiger partial charge in [0.05, 0.1) is 6.21 Å². The number of esters is 1. The van der Waals surface area contributed by atoms with Crippen molar-refractivity contribution >= 4 is 18.1 Å². The fraction of sp³-hybridized carbons (Fsp3) is 0.148. The molecule has 0 radical (unpaired) electrons. The van der Waals surface area contributed by atoms with E-state index in [0.29, 0.717) is 22.8 Å². The lowest BCUT2D eigenvalue weighted by Gasteiger charge is -2.10. The van der Waals surface area contributed by atoms with Gasteiger partial charge in [0, 0.05) is 24.0 Å². The molecule has 35 heavy (non-hydrogen) atoms. The number of nitrogens with zero attached hydrogens (tertiary/aromatic N) is 2. The van der Waals surface area contributed by atoms with Gasteiger partial charge in [-0.05, 0) is 80.1 Å². The van der Waals surface area contributed by atoms with Gasteiger partial charge in [0.1, 0.15) is 23.9 Å². The molecule has 0 fully saturated rings. The number of carbonyl (C=O) groups is 2. The summed E-state index contributed by atoms with van der Waals surface area (Å²) in [4.78, 5) is 23.4. The maximum absolute atomic E-state index is 12.3. The first-order valence-electron chi connectivity index (χ1n) is 11.0. The lowest BCUT2D eigenvalue weighted by Crippen LogP contribution is -2.16. The predicted octanol–water partition coefficient (Wildman–Crippen LogP) is 4.96. The van der Waals surface area contributed by atoms with Crippen molar-refractivity contribution in [2.24, 2.45) is 5.10 Å². The van der Waals surface area contributed by atoms with Crippen LogP contribution in [0.1, 0.15) is 40.2 Å². The largest absolute Gasteiger partial charge is 0.486 e. The van der Waals surface area contributed by atoms with Crippen molar-refractivity contribution in [2.45, 2.75) is 27.4 Å². The van der Waals surface area contributed by atoms with Crippen LogP contribution in [0.2, 0.25) is 0 Å². The summed E-state index contributed by atoms with van der Waals surface area (Å²) in [7, 11) is 0. The van der Waals surface area contributed by atoms with Crippen LogP contribution in [-0.2, 0) is 11.4 Å². The van der Waals surface area contributed by atoms with Gasteiger partial charge in [0.15, 0.2) is 5.76 Å². The van der Waals surface area contributed by atoms with Gasteiger partial charge in [-0.3, -0.25) is 9.59 Å². The monoisotopic (exact) mass is 471 g/mol. The Kier molecular flexibility index (Phi) is 7.11. The van der Waals surface area contributed by atoms with Gasteiger partial charge < -0.3 is 18.5 Å². The Balaban J connectivity index is 1.30. The van der Waals surface area contributed by atoms with Crippen molar-refractivity contribution < 1.29 is 23.5 Å². The molecular formula is C27H25N3O5. The third-order valence-electron chi connectivity index (χ3n) is 5.13. The first-order valence-corrected chi connectivity index (χ1v) is 11.0. The zero-order valence-electron chi connectivity index (χ0n) is 19.6. The van der Waals surface area contributed by atoms with E-state index in [1.807, 2.05) is 24.3 Å². The van der Waals surface area contributed by atoms with Gasteiger partial charge in [-0.1, -0.05) is 12.1 Å². The maximum Gasteiger partial charge on any atom is 0.308 e. The number of rotatable bonds is 8. The summed E-state index contributed by atoms with van der Waals surface area (Å²) < 4.78 is 18.6. The molecule has 0 saturated heterocycles. The van der Waals surface area contributed by atoms with Crippen LogP contribution in [0.3, 0.4) is 0 Å². The third-order valence-corrected chi connectivity index (χ3v) is 5.13. The van der Waals surface area contributed by atoms with Crippen LogP contribution in [0.15, 0.2) is 82.3 Å². The summed E-state index contributed by atoms with van der Waals surface area (Å²) in [6.45, 7) is 5.64. The topological polar surface area (TPSA) is 95.1 Å². The van der Waals surface area contributed by atoms with E-state index in [4.69, 9.17) is 13.9 Å². The van der Waals surface area contributed by atoms with Crippen LogP contribution < -0.4 is 14.9 Å². The molecule has 0 atom stereocenters. The standard InChI is InChI=1S/C27H25N3O5/c1-18-7-8-19(2)30(18)22-9-11-23(12-10-22)33-17-25-13-14-26(35-25)27(32)29-28-16-21-5-4-6-24(15-21)34-20(3)31/h4-16H,17H2,1-3H3,(H,29,32)/b28-16+. The number of hydrazone groups is 1. The van der Waals surface area contributed by atoms with E-state index < -0.39 is 11.9 Å². The fourth-order valence-electron chi connectivity index (χ4n) is 3.54. The molecule has 0 bridgehead atoms. The highest BCUT2D eigenvalue weighted by Crippen LogP contribution is 2.21. The summed E-state index contributed by atoms with van der Waals surface area (Å²) in [5.74, 6) is 0.805. The van der Waals surface area contributed by atoms with E-state index in [9.17, 15) is 9.59 Å². The molecule has 0 aliphatic carbocycles. The molecule has 4 aromatic rings. The molecule has 4 rings (SSSR count). The molecule has 1 amide bonds. The molecule has 1 N–H and O–H groups in total. The van der Waals surface area contributed by atoms with Crippen LogP contribution in [0.5, 0.6) is 11.5 Å². The quantitative estimate of drug-likeness (QED) is 0.170. The van der Waals surface area contributed by atoms with Gasteiger partial charge in [-0.25, -0.2) is 5.43 Å². The average Bonchev–Trinajstić information content (AvgIpc) is 3.44.